The van der Waals surface area contributed by atoms with Crippen LogP contribution < -0.4 is 10.5 Å². The van der Waals surface area contributed by atoms with Crippen molar-refractivity contribution in [3.05, 3.63) is 39.7 Å². The first-order valence-corrected chi connectivity index (χ1v) is 10.3. The number of nitrogens with zero attached hydrogens (tertiary/aromatic N) is 7. The summed E-state index contributed by atoms with van der Waals surface area (Å²) in [5.74, 6) is 4.07. The van der Waals surface area contributed by atoms with E-state index >= 15 is 0 Å². The largest absolute Gasteiger partial charge is 0.355 e. The standard InChI is InChI=1S/C18H21N7OS/c1-11-20-17-14(6-19-23(17)2)18(21-11)24-7-12(8-24)9-25-16(26)5-13-10-27-4-3-15(13)22-25/h5-6,12H,3-4,7-10H2,1-2H3. The van der Waals surface area contributed by atoms with E-state index in [0.29, 0.717) is 12.5 Å². The van der Waals surface area contributed by atoms with Gasteiger partial charge in [-0.2, -0.15) is 22.0 Å². The molecular weight excluding hydrogens is 362 g/mol. The molecule has 0 N–H and O–H groups in total. The van der Waals surface area contributed by atoms with Gasteiger partial charge in [-0.3, -0.25) is 9.48 Å². The summed E-state index contributed by atoms with van der Waals surface area (Å²) in [5.41, 5.74) is 3.07. The lowest BCUT2D eigenvalue weighted by Crippen LogP contribution is -2.50. The van der Waals surface area contributed by atoms with Crippen LogP contribution >= 0.6 is 11.8 Å². The maximum Gasteiger partial charge on any atom is 0.267 e. The fraction of sp³-hybridized carbons (Fsp3) is 0.500. The van der Waals surface area contributed by atoms with Crippen molar-refractivity contribution in [1.82, 2.24) is 29.5 Å². The van der Waals surface area contributed by atoms with E-state index in [1.807, 2.05) is 31.9 Å². The smallest absolute Gasteiger partial charge is 0.267 e. The SMILES string of the molecule is Cc1nc(N2CC(Cn3nc4c(cc3=O)CSCC4)C2)c2cnn(C)c2n1. The second-order valence-electron chi connectivity index (χ2n) is 7.31. The maximum atomic E-state index is 12.4. The molecule has 0 amide bonds. The predicted octanol–water partition coefficient (Wildman–Crippen LogP) is 1.15. The van der Waals surface area contributed by atoms with E-state index in [9.17, 15) is 4.79 Å². The number of thioether (sulfide) groups is 1. The van der Waals surface area contributed by atoms with Crippen LogP contribution in [0.2, 0.25) is 0 Å². The molecule has 2 aliphatic rings. The molecule has 140 valence electrons. The Morgan fingerprint density at radius 3 is 3.00 bits per heavy atom. The van der Waals surface area contributed by atoms with Gasteiger partial charge in [0.25, 0.3) is 5.56 Å². The average Bonchev–Trinajstić information content (AvgIpc) is 2.98. The number of anilines is 1. The summed E-state index contributed by atoms with van der Waals surface area (Å²) in [6.45, 7) is 4.29. The summed E-state index contributed by atoms with van der Waals surface area (Å²) in [6.07, 6.45) is 2.78. The molecule has 0 radical (unpaired) electrons. The topological polar surface area (TPSA) is 81.7 Å². The third-order valence-corrected chi connectivity index (χ3v) is 6.28. The molecule has 0 aliphatic carbocycles. The van der Waals surface area contributed by atoms with Crippen LogP contribution in [-0.2, 0) is 25.8 Å². The van der Waals surface area contributed by atoms with Gasteiger partial charge in [0.15, 0.2) is 5.65 Å². The Balaban J connectivity index is 1.34. The van der Waals surface area contributed by atoms with Crippen LogP contribution in [0.4, 0.5) is 5.82 Å². The lowest BCUT2D eigenvalue weighted by Gasteiger charge is -2.40. The van der Waals surface area contributed by atoms with E-state index in [-0.39, 0.29) is 5.56 Å². The highest BCUT2D eigenvalue weighted by Gasteiger charge is 2.31. The molecule has 5 heterocycles. The van der Waals surface area contributed by atoms with E-state index in [4.69, 9.17) is 0 Å². The quantitative estimate of drug-likeness (QED) is 0.671. The molecule has 0 bridgehead atoms. The van der Waals surface area contributed by atoms with Crippen LogP contribution in [0.15, 0.2) is 17.1 Å². The van der Waals surface area contributed by atoms with Crippen molar-refractivity contribution in [2.24, 2.45) is 13.0 Å². The lowest BCUT2D eigenvalue weighted by atomic mass is 10.00. The summed E-state index contributed by atoms with van der Waals surface area (Å²) in [6, 6.07) is 1.78. The number of aromatic nitrogens is 6. The van der Waals surface area contributed by atoms with Crippen molar-refractivity contribution in [3.8, 4) is 0 Å². The van der Waals surface area contributed by atoms with Crippen LogP contribution in [0.1, 0.15) is 17.1 Å². The molecule has 1 fully saturated rings. The summed E-state index contributed by atoms with van der Waals surface area (Å²) in [7, 11) is 1.89. The molecule has 5 rings (SSSR count). The van der Waals surface area contributed by atoms with Crippen LogP contribution in [0.3, 0.4) is 0 Å². The van der Waals surface area contributed by atoms with Gasteiger partial charge in [0.05, 0.1) is 23.8 Å². The third kappa shape index (κ3) is 2.90. The number of hydrogen-bond donors (Lipinski definition) is 0. The highest BCUT2D eigenvalue weighted by Crippen LogP contribution is 2.30. The summed E-state index contributed by atoms with van der Waals surface area (Å²) < 4.78 is 3.43. The van der Waals surface area contributed by atoms with Gasteiger partial charge in [0.1, 0.15) is 11.6 Å². The maximum absolute atomic E-state index is 12.4. The normalized spacial score (nSPS) is 17.2. The molecule has 0 saturated carbocycles. The summed E-state index contributed by atoms with van der Waals surface area (Å²) in [5, 5.41) is 9.92. The molecule has 3 aromatic heterocycles. The number of hydrogen-bond acceptors (Lipinski definition) is 7. The fourth-order valence-electron chi connectivity index (χ4n) is 3.84. The third-order valence-electron chi connectivity index (χ3n) is 5.28. The van der Waals surface area contributed by atoms with E-state index < -0.39 is 0 Å². The van der Waals surface area contributed by atoms with Crippen molar-refractivity contribution in [2.75, 3.05) is 23.7 Å². The average molecular weight is 383 g/mol. The van der Waals surface area contributed by atoms with Gasteiger partial charge in [-0.1, -0.05) is 0 Å². The minimum atomic E-state index is 0.0160. The zero-order valence-corrected chi connectivity index (χ0v) is 16.2. The van der Waals surface area contributed by atoms with E-state index in [0.717, 1.165) is 64.9 Å². The van der Waals surface area contributed by atoms with E-state index in [1.165, 1.54) is 0 Å². The van der Waals surface area contributed by atoms with Crippen LogP contribution in [0.5, 0.6) is 0 Å². The summed E-state index contributed by atoms with van der Waals surface area (Å²) >= 11 is 1.87. The molecule has 3 aromatic rings. The van der Waals surface area contributed by atoms with E-state index in [1.54, 1.807) is 15.4 Å². The fourth-order valence-corrected chi connectivity index (χ4v) is 4.79. The molecule has 0 atom stereocenters. The van der Waals surface area contributed by atoms with Gasteiger partial charge >= 0.3 is 0 Å². The molecule has 2 aliphatic heterocycles. The first kappa shape index (κ1) is 16.7. The van der Waals surface area contributed by atoms with Crippen LogP contribution in [-0.4, -0.2) is 48.4 Å². The molecule has 1 saturated heterocycles. The Labute approximate surface area is 160 Å². The van der Waals surface area contributed by atoms with Crippen molar-refractivity contribution >= 4 is 28.6 Å². The zero-order chi connectivity index (χ0) is 18.5. The van der Waals surface area contributed by atoms with Gasteiger partial charge < -0.3 is 4.90 Å². The van der Waals surface area contributed by atoms with Gasteiger partial charge in [0.2, 0.25) is 0 Å². The predicted molar refractivity (Wildman–Crippen MR) is 105 cm³/mol. The monoisotopic (exact) mass is 383 g/mol. The molecule has 9 heteroatoms. The minimum absolute atomic E-state index is 0.0160. The highest BCUT2D eigenvalue weighted by molar-refractivity contribution is 7.98. The zero-order valence-electron chi connectivity index (χ0n) is 15.4. The van der Waals surface area contributed by atoms with Crippen LogP contribution in [0.25, 0.3) is 11.0 Å². The number of rotatable bonds is 3. The molecule has 0 spiro atoms. The lowest BCUT2D eigenvalue weighted by molar-refractivity contribution is 0.331. The molecular formula is C18H21N7OS. The first-order chi connectivity index (χ1) is 13.1. The number of aryl methyl sites for hydroxylation is 3. The Bertz CT molecular complexity index is 1080. The Morgan fingerprint density at radius 2 is 2.15 bits per heavy atom. The first-order valence-electron chi connectivity index (χ1n) is 9.17. The highest BCUT2D eigenvalue weighted by atomic mass is 32.2. The van der Waals surface area contributed by atoms with Crippen molar-refractivity contribution in [1.29, 1.82) is 0 Å². The van der Waals surface area contributed by atoms with Crippen molar-refractivity contribution < 1.29 is 0 Å². The van der Waals surface area contributed by atoms with Gasteiger partial charge in [-0.25, -0.2) is 14.6 Å². The summed E-state index contributed by atoms with van der Waals surface area (Å²) in [4.78, 5) is 23.7. The molecule has 0 aromatic carbocycles. The van der Waals surface area contributed by atoms with Crippen molar-refractivity contribution in [2.45, 2.75) is 25.6 Å². The van der Waals surface area contributed by atoms with E-state index in [2.05, 4.69) is 25.1 Å². The Hall–Kier alpha value is -2.42. The second-order valence-corrected chi connectivity index (χ2v) is 8.42. The Kier molecular flexibility index (Phi) is 3.92. The minimum Gasteiger partial charge on any atom is -0.355 e. The van der Waals surface area contributed by atoms with Gasteiger partial charge in [0, 0.05) is 44.3 Å². The van der Waals surface area contributed by atoms with Gasteiger partial charge in [-0.15, -0.1) is 0 Å². The molecule has 8 nitrogen and oxygen atoms in total. The Morgan fingerprint density at radius 1 is 1.30 bits per heavy atom. The number of fused-ring (bicyclic) bond motifs is 2. The van der Waals surface area contributed by atoms with Gasteiger partial charge in [-0.05, 0) is 18.2 Å². The second kappa shape index (κ2) is 6.33. The molecule has 0 unspecified atom stereocenters. The van der Waals surface area contributed by atoms with Crippen LogP contribution in [0, 0.1) is 12.8 Å². The van der Waals surface area contributed by atoms with Crippen molar-refractivity contribution in [3.63, 3.8) is 0 Å². The molecule has 27 heavy (non-hydrogen) atoms.